The maximum atomic E-state index is 12.8. The fourth-order valence-corrected chi connectivity index (χ4v) is 4.68. The molecule has 0 aliphatic carbocycles. The highest BCUT2D eigenvalue weighted by Gasteiger charge is 2.28. The fourth-order valence-electron chi connectivity index (χ4n) is 3.13. The van der Waals surface area contributed by atoms with Crippen LogP contribution in [0.15, 0.2) is 58.5 Å². The zero-order chi connectivity index (χ0) is 21.7. The minimum atomic E-state index is -3.51. The van der Waals surface area contributed by atoms with E-state index in [1.807, 2.05) is 24.0 Å². The lowest BCUT2D eigenvalue weighted by molar-refractivity contribution is -0.122. The van der Waals surface area contributed by atoms with Gasteiger partial charge in [-0.05, 0) is 43.7 Å². The van der Waals surface area contributed by atoms with E-state index < -0.39 is 10.0 Å². The van der Waals surface area contributed by atoms with Crippen LogP contribution in [0.2, 0.25) is 5.02 Å². The number of amides is 1. The standard InChI is InChI=1S/C21H25ClN4O3S/c1-16-3-9-20(10-4-16)30(28,29)26-13-11-25(12-14-26)15-21(27)24-23-17(2)18-5-7-19(22)8-6-18/h3-10H,11-15H2,1-2H3,(H,24,27). The molecule has 0 aromatic heterocycles. The molecule has 1 fully saturated rings. The minimum Gasteiger partial charge on any atom is -0.292 e. The summed E-state index contributed by atoms with van der Waals surface area (Å²) in [7, 11) is -3.51. The van der Waals surface area contributed by atoms with E-state index in [1.165, 1.54) is 4.31 Å². The van der Waals surface area contributed by atoms with Crippen LogP contribution in [0.1, 0.15) is 18.1 Å². The van der Waals surface area contributed by atoms with E-state index in [-0.39, 0.29) is 12.5 Å². The summed E-state index contributed by atoms with van der Waals surface area (Å²) in [6.07, 6.45) is 0. The number of carbonyl (C=O) groups excluding carboxylic acids is 1. The first-order valence-electron chi connectivity index (χ1n) is 9.64. The lowest BCUT2D eigenvalue weighted by atomic mass is 10.1. The largest absolute Gasteiger partial charge is 0.292 e. The summed E-state index contributed by atoms with van der Waals surface area (Å²) in [4.78, 5) is 14.4. The molecule has 7 nitrogen and oxygen atoms in total. The van der Waals surface area contributed by atoms with Crippen molar-refractivity contribution in [3.8, 4) is 0 Å². The summed E-state index contributed by atoms with van der Waals surface area (Å²) in [6, 6.07) is 14.0. The molecular weight excluding hydrogens is 424 g/mol. The number of benzene rings is 2. The number of nitrogens with zero attached hydrogens (tertiary/aromatic N) is 3. The van der Waals surface area contributed by atoms with Crippen LogP contribution in [0.25, 0.3) is 0 Å². The quantitative estimate of drug-likeness (QED) is 0.543. The minimum absolute atomic E-state index is 0.163. The molecular formula is C21H25ClN4O3S. The van der Waals surface area contributed by atoms with E-state index in [0.29, 0.717) is 41.8 Å². The molecule has 160 valence electrons. The third-order valence-corrected chi connectivity index (χ3v) is 7.13. The Labute approximate surface area is 182 Å². The summed E-state index contributed by atoms with van der Waals surface area (Å²) < 4.78 is 27.0. The smallest absolute Gasteiger partial charge is 0.254 e. The van der Waals surface area contributed by atoms with Crippen LogP contribution in [0, 0.1) is 6.92 Å². The van der Waals surface area contributed by atoms with Gasteiger partial charge in [0.2, 0.25) is 10.0 Å². The second-order valence-corrected chi connectivity index (χ2v) is 9.61. The monoisotopic (exact) mass is 448 g/mol. The van der Waals surface area contributed by atoms with E-state index in [0.717, 1.165) is 11.1 Å². The SMILES string of the molecule is CC(=NNC(=O)CN1CCN(S(=O)(=O)c2ccc(C)cc2)CC1)c1ccc(Cl)cc1. The molecule has 30 heavy (non-hydrogen) atoms. The van der Waals surface area contributed by atoms with E-state index in [2.05, 4.69) is 10.5 Å². The zero-order valence-electron chi connectivity index (χ0n) is 17.0. The Morgan fingerprint density at radius 1 is 1.03 bits per heavy atom. The first kappa shape index (κ1) is 22.4. The highest BCUT2D eigenvalue weighted by Crippen LogP contribution is 2.18. The van der Waals surface area contributed by atoms with Gasteiger partial charge in [0.1, 0.15) is 0 Å². The molecule has 0 radical (unpaired) electrons. The van der Waals surface area contributed by atoms with Crippen molar-refractivity contribution in [3.63, 3.8) is 0 Å². The molecule has 2 aromatic carbocycles. The van der Waals surface area contributed by atoms with Gasteiger partial charge in [-0.2, -0.15) is 9.41 Å². The van der Waals surface area contributed by atoms with Crippen LogP contribution in [0.4, 0.5) is 0 Å². The number of halogens is 1. The molecule has 1 aliphatic rings. The molecule has 1 amide bonds. The van der Waals surface area contributed by atoms with Crippen molar-refractivity contribution in [1.82, 2.24) is 14.6 Å². The van der Waals surface area contributed by atoms with Crippen LogP contribution in [-0.4, -0.2) is 62.0 Å². The maximum absolute atomic E-state index is 12.8. The Bertz CT molecular complexity index is 1010. The number of nitrogens with one attached hydrogen (secondary N) is 1. The van der Waals surface area contributed by atoms with Gasteiger partial charge in [0.25, 0.3) is 5.91 Å². The fraction of sp³-hybridized carbons (Fsp3) is 0.333. The van der Waals surface area contributed by atoms with Crippen LogP contribution < -0.4 is 5.43 Å². The van der Waals surface area contributed by atoms with Crippen molar-refractivity contribution >= 4 is 33.2 Å². The molecule has 0 saturated carbocycles. The third kappa shape index (κ3) is 5.66. The predicted molar refractivity (Wildman–Crippen MR) is 118 cm³/mol. The molecule has 0 unspecified atom stereocenters. The van der Waals surface area contributed by atoms with Gasteiger partial charge in [-0.15, -0.1) is 0 Å². The van der Waals surface area contributed by atoms with Crippen LogP contribution in [0.5, 0.6) is 0 Å². The van der Waals surface area contributed by atoms with Crippen molar-refractivity contribution in [2.24, 2.45) is 5.10 Å². The summed E-state index contributed by atoms with van der Waals surface area (Å²) in [6.45, 7) is 5.54. The van der Waals surface area contributed by atoms with Crippen LogP contribution in [-0.2, 0) is 14.8 Å². The van der Waals surface area contributed by atoms with Gasteiger partial charge in [0, 0.05) is 31.2 Å². The van der Waals surface area contributed by atoms with Crippen molar-refractivity contribution < 1.29 is 13.2 Å². The second kappa shape index (κ2) is 9.70. The van der Waals surface area contributed by atoms with E-state index in [9.17, 15) is 13.2 Å². The second-order valence-electron chi connectivity index (χ2n) is 7.23. The molecule has 0 spiro atoms. The lowest BCUT2D eigenvalue weighted by Crippen LogP contribution is -2.50. The van der Waals surface area contributed by atoms with Crippen LogP contribution in [0.3, 0.4) is 0 Å². The zero-order valence-corrected chi connectivity index (χ0v) is 18.6. The van der Waals surface area contributed by atoms with Gasteiger partial charge in [-0.3, -0.25) is 9.69 Å². The normalized spacial score (nSPS) is 16.4. The number of rotatable bonds is 6. The Kier molecular flexibility index (Phi) is 7.25. The molecule has 1 aliphatic heterocycles. The highest BCUT2D eigenvalue weighted by molar-refractivity contribution is 7.89. The molecule has 2 aromatic rings. The first-order chi connectivity index (χ1) is 14.3. The molecule has 0 atom stereocenters. The Balaban J connectivity index is 1.50. The summed E-state index contributed by atoms with van der Waals surface area (Å²) >= 11 is 5.88. The number of carbonyl (C=O) groups is 1. The first-order valence-corrected chi connectivity index (χ1v) is 11.5. The number of piperazine rings is 1. The van der Waals surface area contributed by atoms with Gasteiger partial charge >= 0.3 is 0 Å². The topological polar surface area (TPSA) is 82.1 Å². The Morgan fingerprint density at radius 2 is 1.63 bits per heavy atom. The van der Waals surface area contributed by atoms with Gasteiger partial charge in [-0.1, -0.05) is 41.4 Å². The van der Waals surface area contributed by atoms with Gasteiger partial charge in [0.15, 0.2) is 0 Å². The molecule has 0 bridgehead atoms. The average molecular weight is 449 g/mol. The van der Waals surface area contributed by atoms with E-state index in [4.69, 9.17) is 11.6 Å². The maximum Gasteiger partial charge on any atom is 0.254 e. The molecule has 1 heterocycles. The van der Waals surface area contributed by atoms with Gasteiger partial charge in [0.05, 0.1) is 17.2 Å². The van der Waals surface area contributed by atoms with Crippen molar-refractivity contribution in [3.05, 3.63) is 64.7 Å². The molecule has 9 heteroatoms. The number of hydrazone groups is 1. The van der Waals surface area contributed by atoms with Crippen LogP contribution >= 0.6 is 11.6 Å². The third-order valence-electron chi connectivity index (χ3n) is 4.97. The number of sulfonamides is 1. The number of hydrogen-bond donors (Lipinski definition) is 1. The summed E-state index contributed by atoms with van der Waals surface area (Å²) in [5.41, 5.74) is 5.12. The van der Waals surface area contributed by atoms with E-state index >= 15 is 0 Å². The highest BCUT2D eigenvalue weighted by atomic mass is 35.5. The molecule has 1 N–H and O–H groups in total. The van der Waals surface area contributed by atoms with E-state index in [1.54, 1.807) is 43.3 Å². The van der Waals surface area contributed by atoms with Gasteiger partial charge < -0.3 is 0 Å². The van der Waals surface area contributed by atoms with Gasteiger partial charge in [-0.25, -0.2) is 13.8 Å². The summed E-state index contributed by atoms with van der Waals surface area (Å²) in [5.74, 6) is -0.238. The molecule has 1 saturated heterocycles. The van der Waals surface area contributed by atoms with Crippen molar-refractivity contribution in [2.45, 2.75) is 18.7 Å². The van der Waals surface area contributed by atoms with Crippen molar-refractivity contribution in [1.29, 1.82) is 0 Å². The van der Waals surface area contributed by atoms with Crippen molar-refractivity contribution in [2.75, 3.05) is 32.7 Å². The number of aryl methyl sites for hydroxylation is 1. The summed E-state index contributed by atoms with van der Waals surface area (Å²) in [5, 5.41) is 4.77. The number of hydrogen-bond acceptors (Lipinski definition) is 5. The Hall–Kier alpha value is -2.26. The lowest BCUT2D eigenvalue weighted by Gasteiger charge is -2.33. The predicted octanol–water partition coefficient (Wildman–Crippen LogP) is 2.50. The Morgan fingerprint density at radius 3 is 2.23 bits per heavy atom. The molecule has 3 rings (SSSR count). The average Bonchev–Trinajstić information content (AvgIpc) is 2.73.